The second-order valence-electron chi connectivity index (χ2n) is 3.77. The van der Waals surface area contributed by atoms with Crippen LogP contribution >= 0.6 is 11.6 Å². The van der Waals surface area contributed by atoms with Crippen molar-refractivity contribution in [2.75, 3.05) is 0 Å². The number of benzene rings is 1. The van der Waals surface area contributed by atoms with Crippen LogP contribution in [-0.4, -0.2) is 0 Å². The third-order valence-electron chi connectivity index (χ3n) is 2.35. The Hall–Kier alpha value is -0.750. The van der Waals surface area contributed by atoms with Crippen molar-refractivity contribution in [1.29, 1.82) is 0 Å². The maximum absolute atomic E-state index is 5.96. The molecule has 75 valence electrons. The van der Waals surface area contributed by atoms with Gasteiger partial charge in [0.2, 0.25) is 0 Å². The molecule has 0 aliphatic heterocycles. The molecule has 0 nitrogen and oxygen atoms in total. The highest BCUT2D eigenvalue weighted by Crippen LogP contribution is 2.29. The van der Waals surface area contributed by atoms with Gasteiger partial charge in [-0.05, 0) is 36.1 Å². The van der Waals surface area contributed by atoms with Gasteiger partial charge < -0.3 is 0 Å². The van der Waals surface area contributed by atoms with E-state index in [1.807, 2.05) is 18.2 Å². The zero-order chi connectivity index (χ0) is 10.7. The molecule has 0 aromatic heterocycles. The van der Waals surface area contributed by atoms with Gasteiger partial charge in [0.25, 0.3) is 0 Å². The first-order chi connectivity index (χ1) is 6.56. The number of halogens is 1. The Kier molecular flexibility index (Phi) is 3.77. The maximum atomic E-state index is 5.96. The van der Waals surface area contributed by atoms with Gasteiger partial charge in [0.15, 0.2) is 0 Å². The van der Waals surface area contributed by atoms with Crippen LogP contribution in [0, 0.1) is 6.92 Å². The average Bonchev–Trinajstić information content (AvgIpc) is 2.16. The third-order valence-corrected chi connectivity index (χ3v) is 2.59. The summed E-state index contributed by atoms with van der Waals surface area (Å²) in [5.41, 5.74) is 2.48. The van der Waals surface area contributed by atoms with E-state index in [9.17, 15) is 0 Å². The van der Waals surface area contributed by atoms with Crippen LogP contribution in [0.25, 0.3) is 0 Å². The molecule has 0 amide bonds. The van der Waals surface area contributed by atoms with E-state index in [1.165, 1.54) is 11.1 Å². The predicted molar refractivity (Wildman–Crippen MR) is 63.8 cm³/mol. The number of allylic oxidation sites excluding steroid dienone is 1. The van der Waals surface area contributed by atoms with Gasteiger partial charge in [0.1, 0.15) is 0 Å². The van der Waals surface area contributed by atoms with Crippen molar-refractivity contribution in [2.45, 2.75) is 25.7 Å². The summed E-state index contributed by atoms with van der Waals surface area (Å²) in [5.74, 6) is 0.609. The fraction of sp³-hybridized carbons (Fsp3) is 0.308. The van der Waals surface area contributed by atoms with E-state index in [1.54, 1.807) is 0 Å². The molecule has 0 fully saturated rings. The monoisotopic (exact) mass is 207 g/mol. The topological polar surface area (TPSA) is 0 Å². The van der Waals surface area contributed by atoms with E-state index < -0.39 is 0 Å². The molecule has 1 aromatic rings. The standard InChI is InChI=1S/C13H16Cl/c1-5-10(4)13-8-11(14)6-7-12(13)9(2)3/h5-10H,1,4H2,2-3H3. The molecular weight excluding hydrogens is 192 g/mol. The molecular formula is C13H16Cl. The van der Waals surface area contributed by atoms with E-state index >= 15 is 0 Å². The van der Waals surface area contributed by atoms with Crippen molar-refractivity contribution in [3.8, 4) is 0 Å². The van der Waals surface area contributed by atoms with Gasteiger partial charge in [-0.2, -0.15) is 0 Å². The quantitative estimate of drug-likeness (QED) is 0.638. The Balaban J connectivity index is 3.22. The van der Waals surface area contributed by atoms with Crippen LogP contribution in [0.1, 0.15) is 36.8 Å². The van der Waals surface area contributed by atoms with Crippen LogP contribution in [0.4, 0.5) is 0 Å². The summed E-state index contributed by atoms with van der Waals surface area (Å²) in [6.45, 7) is 12.1. The van der Waals surface area contributed by atoms with Crippen molar-refractivity contribution in [1.82, 2.24) is 0 Å². The Morgan fingerprint density at radius 1 is 1.29 bits per heavy atom. The molecule has 0 aliphatic carbocycles. The average molecular weight is 208 g/mol. The SMILES string of the molecule is [CH2]C(C=C)c1cc(Cl)ccc1C(C)C. The lowest BCUT2D eigenvalue weighted by Gasteiger charge is -2.16. The Labute approximate surface area is 91.6 Å². The molecule has 0 heterocycles. The minimum Gasteiger partial charge on any atom is -0.102 e. The van der Waals surface area contributed by atoms with Gasteiger partial charge in [-0.25, -0.2) is 0 Å². The summed E-state index contributed by atoms with van der Waals surface area (Å²) in [6.07, 6.45) is 1.84. The molecule has 1 aromatic carbocycles. The first kappa shape index (κ1) is 11.3. The predicted octanol–water partition coefficient (Wildman–Crippen LogP) is 4.57. The van der Waals surface area contributed by atoms with E-state index in [2.05, 4.69) is 33.4 Å². The molecule has 1 rings (SSSR count). The first-order valence-electron chi connectivity index (χ1n) is 4.81. The van der Waals surface area contributed by atoms with Crippen LogP contribution in [0.3, 0.4) is 0 Å². The molecule has 0 aliphatic rings. The van der Waals surface area contributed by atoms with Crippen LogP contribution in [0.15, 0.2) is 30.9 Å². The summed E-state index contributed by atoms with van der Waals surface area (Å²) in [4.78, 5) is 0. The van der Waals surface area contributed by atoms with Gasteiger partial charge in [-0.3, -0.25) is 0 Å². The van der Waals surface area contributed by atoms with Crippen LogP contribution in [-0.2, 0) is 0 Å². The molecule has 0 spiro atoms. The summed E-state index contributed by atoms with van der Waals surface area (Å²) in [6, 6.07) is 5.98. The smallest absolute Gasteiger partial charge is 0.0409 e. The molecule has 0 bridgehead atoms. The fourth-order valence-corrected chi connectivity index (χ4v) is 1.70. The van der Waals surface area contributed by atoms with E-state index in [4.69, 9.17) is 11.6 Å². The lowest BCUT2D eigenvalue weighted by molar-refractivity contribution is 0.838. The van der Waals surface area contributed by atoms with Gasteiger partial charge in [-0.1, -0.05) is 37.6 Å². The highest BCUT2D eigenvalue weighted by Gasteiger charge is 2.10. The normalized spacial score (nSPS) is 12.9. The lowest BCUT2D eigenvalue weighted by atomic mass is 9.90. The second kappa shape index (κ2) is 4.65. The van der Waals surface area contributed by atoms with Crippen molar-refractivity contribution in [3.63, 3.8) is 0 Å². The van der Waals surface area contributed by atoms with Crippen LogP contribution in [0.2, 0.25) is 5.02 Å². The van der Waals surface area contributed by atoms with E-state index in [-0.39, 0.29) is 5.92 Å². The van der Waals surface area contributed by atoms with Gasteiger partial charge in [0.05, 0.1) is 0 Å². The minimum atomic E-state index is 0.117. The summed E-state index contributed by atoms with van der Waals surface area (Å²) in [7, 11) is 0. The summed E-state index contributed by atoms with van der Waals surface area (Å²) >= 11 is 5.96. The summed E-state index contributed by atoms with van der Waals surface area (Å²) < 4.78 is 0. The zero-order valence-electron chi connectivity index (χ0n) is 8.76. The van der Waals surface area contributed by atoms with Crippen molar-refractivity contribution in [2.24, 2.45) is 0 Å². The van der Waals surface area contributed by atoms with Crippen molar-refractivity contribution in [3.05, 3.63) is 53.9 Å². The highest BCUT2D eigenvalue weighted by atomic mass is 35.5. The van der Waals surface area contributed by atoms with E-state index in [0.717, 1.165) is 5.02 Å². The summed E-state index contributed by atoms with van der Waals surface area (Å²) in [5, 5.41) is 0.764. The third kappa shape index (κ3) is 2.39. The maximum Gasteiger partial charge on any atom is 0.0409 e. The molecule has 14 heavy (non-hydrogen) atoms. The molecule has 0 N–H and O–H groups in total. The number of hydrogen-bond donors (Lipinski definition) is 0. The largest absolute Gasteiger partial charge is 0.102 e. The molecule has 1 radical (unpaired) electrons. The van der Waals surface area contributed by atoms with Gasteiger partial charge in [-0.15, -0.1) is 6.58 Å². The highest BCUT2D eigenvalue weighted by molar-refractivity contribution is 6.30. The van der Waals surface area contributed by atoms with Crippen molar-refractivity contribution < 1.29 is 0 Å². The van der Waals surface area contributed by atoms with Gasteiger partial charge >= 0.3 is 0 Å². The van der Waals surface area contributed by atoms with Crippen LogP contribution < -0.4 is 0 Å². The Bertz CT molecular complexity index is 326. The van der Waals surface area contributed by atoms with Gasteiger partial charge in [0, 0.05) is 10.9 Å². The fourth-order valence-electron chi connectivity index (χ4n) is 1.52. The zero-order valence-corrected chi connectivity index (χ0v) is 9.51. The molecule has 1 atom stereocenters. The molecule has 0 saturated carbocycles. The minimum absolute atomic E-state index is 0.117. The number of rotatable bonds is 3. The van der Waals surface area contributed by atoms with Crippen molar-refractivity contribution >= 4 is 11.6 Å². The Morgan fingerprint density at radius 2 is 1.93 bits per heavy atom. The second-order valence-corrected chi connectivity index (χ2v) is 4.21. The van der Waals surface area contributed by atoms with Crippen LogP contribution in [0.5, 0.6) is 0 Å². The first-order valence-corrected chi connectivity index (χ1v) is 5.19. The lowest BCUT2D eigenvalue weighted by Crippen LogP contribution is -1.99. The molecule has 0 saturated heterocycles. The molecule has 1 unspecified atom stereocenters. The van der Waals surface area contributed by atoms with E-state index in [0.29, 0.717) is 5.92 Å². The Morgan fingerprint density at radius 3 is 2.43 bits per heavy atom. The number of hydrogen-bond acceptors (Lipinski definition) is 0. The molecule has 1 heteroatoms.